The van der Waals surface area contributed by atoms with Gasteiger partial charge in [-0.05, 0) is 51.1 Å². The van der Waals surface area contributed by atoms with Crippen molar-refractivity contribution in [1.29, 1.82) is 0 Å². The zero-order valence-electron chi connectivity index (χ0n) is 30.4. The Morgan fingerprint density at radius 2 is 0.804 bits per heavy atom. The van der Waals surface area contributed by atoms with Gasteiger partial charge in [-0.25, -0.2) is 9.97 Å². The topological polar surface area (TPSA) is 35.0 Å². The molecule has 1 aliphatic carbocycles. The molecule has 0 unspecified atom stereocenters. The van der Waals surface area contributed by atoms with Crippen LogP contribution in [-0.4, -0.2) is 9.97 Å². The van der Waals surface area contributed by atoms with E-state index in [0.717, 1.165) is 73.0 Å². The Balaban J connectivity index is 1.06. The lowest BCUT2D eigenvalue weighted by Crippen LogP contribution is -2.32. The Morgan fingerprint density at radius 1 is 0.321 bits per heavy atom. The standard InChI is InChI=1S/C53H34N2O/c1-3-16-35(17-4-1)39-20-7-8-23-43(39)49-34-48(37-18-5-2-6-19-37)54-52(55-49)38-32-30-36(31-33-38)40-24-15-28-47-51(40)56-50-29-14-13-27-46(50)53(47)44-25-11-9-21-41(44)42-22-10-12-26-45(42)53/h1-34H. The minimum absolute atomic E-state index is 0.508. The van der Waals surface area contributed by atoms with Gasteiger partial charge in [0.15, 0.2) is 5.82 Å². The second-order valence-electron chi connectivity index (χ2n) is 14.4. The van der Waals surface area contributed by atoms with E-state index in [2.05, 4.69) is 194 Å². The summed E-state index contributed by atoms with van der Waals surface area (Å²) in [5.41, 5.74) is 16.1. The molecule has 0 bridgehead atoms. The zero-order valence-corrected chi connectivity index (χ0v) is 30.4. The molecule has 262 valence electrons. The van der Waals surface area contributed by atoms with Crippen LogP contribution in [0.3, 0.4) is 0 Å². The average molecular weight is 715 g/mol. The third kappa shape index (κ3) is 4.91. The summed E-state index contributed by atoms with van der Waals surface area (Å²) < 4.78 is 6.95. The molecule has 0 fully saturated rings. The number of para-hydroxylation sites is 2. The lowest BCUT2D eigenvalue weighted by molar-refractivity contribution is 0.438. The molecule has 2 heterocycles. The first-order valence-corrected chi connectivity index (χ1v) is 19.1. The Morgan fingerprint density at radius 3 is 1.50 bits per heavy atom. The molecule has 0 saturated carbocycles. The fourth-order valence-corrected chi connectivity index (χ4v) is 8.95. The van der Waals surface area contributed by atoms with Gasteiger partial charge in [-0.15, -0.1) is 0 Å². The van der Waals surface area contributed by atoms with Crippen LogP contribution in [0, 0.1) is 0 Å². The van der Waals surface area contributed by atoms with Crippen LogP contribution in [0.4, 0.5) is 0 Å². The van der Waals surface area contributed by atoms with Crippen LogP contribution in [-0.2, 0) is 5.41 Å². The predicted octanol–water partition coefficient (Wildman–Crippen LogP) is 13.3. The van der Waals surface area contributed by atoms with Gasteiger partial charge in [-0.2, -0.15) is 0 Å². The van der Waals surface area contributed by atoms with Crippen molar-refractivity contribution in [3.05, 3.63) is 229 Å². The normalized spacial score (nSPS) is 12.9. The van der Waals surface area contributed by atoms with Gasteiger partial charge in [0.05, 0.1) is 16.8 Å². The number of hydrogen-bond donors (Lipinski definition) is 0. The molecular weight excluding hydrogens is 681 g/mol. The summed E-state index contributed by atoms with van der Waals surface area (Å²) in [5.74, 6) is 2.44. The van der Waals surface area contributed by atoms with Gasteiger partial charge in [0.2, 0.25) is 0 Å². The number of rotatable bonds is 5. The molecule has 1 aromatic heterocycles. The van der Waals surface area contributed by atoms with Gasteiger partial charge in [0.25, 0.3) is 0 Å². The molecule has 1 spiro atoms. The molecule has 0 atom stereocenters. The highest BCUT2D eigenvalue weighted by molar-refractivity contribution is 5.90. The Labute approximate surface area is 326 Å². The van der Waals surface area contributed by atoms with E-state index in [0.29, 0.717) is 5.82 Å². The monoisotopic (exact) mass is 714 g/mol. The van der Waals surface area contributed by atoms with E-state index in [1.807, 2.05) is 12.1 Å². The smallest absolute Gasteiger partial charge is 0.160 e. The third-order valence-corrected chi connectivity index (χ3v) is 11.4. The van der Waals surface area contributed by atoms with Crippen LogP contribution in [0.2, 0.25) is 0 Å². The SMILES string of the molecule is c1ccc(-c2cc(-c3ccccc3-c3ccccc3)nc(-c3ccc(-c4cccc5c4Oc4ccccc4C54c5ccccc5-c5ccccc54)cc3)n2)cc1. The molecule has 0 amide bonds. The highest BCUT2D eigenvalue weighted by Crippen LogP contribution is 2.63. The number of fused-ring (bicyclic) bond motifs is 9. The molecule has 0 saturated heterocycles. The molecule has 2 aliphatic rings. The first kappa shape index (κ1) is 32.1. The summed E-state index contributed by atoms with van der Waals surface area (Å²) in [6.07, 6.45) is 0. The molecule has 0 N–H and O–H groups in total. The number of aromatic nitrogens is 2. The minimum atomic E-state index is -0.508. The average Bonchev–Trinajstić information content (AvgIpc) is 3.57. The molecule has 56 heavy (non-hydrogen) atoms. The van der Waals surface area contributed by atoms with Crippen LogP contribution in [0.25, 0.3) is 67.3 Å². The highest BCUT2D eigenvalue weighted by Gasteiger charge is 2.51. The number of hydrogen-bond acceptors (Lipinski definition) is 3. The van der Waals surface area contributed by atoms with Crippen LogP contribution >= 0.6 is 0 Å². The van der Waals surface area contributed by atoms with Gasteiger partial charge in [0, 0.05) is 33.4 Å². The maximum absolute atomic E-state index is 6.95. The zero-order chi connectivity index (χ0) is 37.1. The van der Waals surface area contributed by atoms with Crippen molar-refractivity contribution < 1.29 is 4.74 Å². The number of ether oxygens (including phenoxy) is 1. The third-order valence-electron chi connectivity index (χ3n) is 11.4. The van der Waals surface area contributed by atoms with E-state index in [1.165, 1.54) is 22.3 Å². The van der Waals surface area contributed by atoms with Gasteiger partial charge < -0.3 is 4.74 Å². The van der Waals surface area contributed by atoms with E-state index in [-0.39, 0.29) is 0 Å². The summed E-state index contributed by atoms with van der Waals surface area (Å²) in [6.45, 7) is 0. The Kier molecular flexibility index (Phi) is 7.39. The predicted molar refractivity (Wildman–Crippen MR) is 227 cm³/mol. The molecule has 3 nitrogen and oxygen atoms in total. The fraction of sp³-hybridized carbons (Fsp3) is 0.0189. The van der Waals surface area contributed by atoms with Crippen molar-refractivity contribution in [3.8, 4) is 78.8 Å². The minimum Gasteiger partial charge on any atom is -0.456 e. The molecular formula is C53H34N2O. The number of benzene rings is 8. The lowest BCUT2D eigenvalue weighted by Gasteiger charge is -2.40. The van der Waals surface area contributed by atoms with Gasteiger partial charge in [0.1, 0.15) is 11.5 Å². The summed E-state index contributed by atoms with van der Waals surface area (Å²) in [6, 6.07) is 72.9. The summed E-state index contributed by atoms with van der Waals surface area (Å²) >= 11 is 0. The molecule has 1 aliphatic heterocycles. The first-order chi connectivity index (χ1) is 27.8. The van der Waals surface area contributed by atoms with Gasteiger partial charge in [-0.1, -0.05) is 194 Å². The van der Waals surface area contributed by atoms with Crippen molar-refractivity contribution >= 4 is 0 Å². The first-order valence-electron chi connectivity index (χ1n) is 19.1. The Bertz CT molecular complexity index is 2890. The maximum atomic E-state index is 6.95. The van der Waals surface area contributed by atoms with Crippen molar-refractivity contribution in [2.45, 2.75) is 5.41 Å². The van der Waals surface area contributed by atoms with Crippen LogP contribution < -0.4 is 4.74 Å². The summed E-state index contributed by atoms with van der Waals surface area (Å²) in [7, 11) is 0. The van der Waals surface area contributed by atoms with Crippen molar-refractivity contribution in [3.63, 3.8) is 0 Å². The van der Waals surface area contributed by atoms with Gasteiger partial charge >= 0.3 is 0 Å². The van der Waals surface area contributed by atoms with Crippen LogP contribution in [0.1, 0.15) is 22.3 Å². The van der Waals surface area contributed by atoms with E-state index < -0.39 is 5.41 Å². The van der Waals surface area contributed by atoms with Crippen molar-refractivity contribution in [1.82, 2.24) is 9.97 Å². The fourth-order valence-electron chi connectivity index (χ4n) is 8.95. The summed E-state index contributed by atoms with van der Waals surface area (Å²) in [4.78, 5) is 10.4. The van der Waals surface area contributed by atoms with E-state index >= 15 is 0 Å². The van der Waals surface area contributed by atoms with E-state index in [4.69, 9.17) is 14.7 Å². The van der Waals surface area contributed by atoms with E-state index in [1.54, 1.807) is 0 Å². The van der Waals surface area contributed by atoms with Gasteiger partial charge in [-0.3, -0.25) is 0 Å². The highest BCUT2D eigenvalue weighted by atomic mass is 16.5. The molecule has 0 radical (unpaired) electrons. The molecule has 3 heteroatoms. The van der Waals surface area contributed by atoms with Crippen LogP contribution in [0.5, 0.6) is 11.5 Å². The lowest BCUT2D eigenvalue weighted by atomic mass is 9.65. The van der Waals surface area contributed by atoms with E-state index in [9.17, 15) is 0 Å². The quantitative estimate of drug-likeness (QED) is 0.178. The summed E-state index contributed by atoms with van der Waals surface area (Å²) in [5, 5.41) is 0. The Hall–Kier alpha value is -7.36. The second kappa shape index (κ2) is 12.9. The number of nitrogens with zero attached hydrogens (tertiary/aromatic N) is 2. The van der Waals surface area contributed by atoms with Crippen molar-refractivity contribution in [2.75, 3.05) is 0 Å². The molecule has 9 aromatic rings. The molecule has 8 aromatic carbocycles. The second-order valence-corrected chi connectivity index (χ2v) is 14.4. The molecule has 11 rings (SSSR count). The largest absolute Gasteiger partial charge is 0.456 e. The van der Waals surface area contributed by atoms with Crippen molar-refractivity contribution in [2.24, 2.45) is 0 Å². The maximum Gasteiger partial charge on any atom is 0.160 e. The van der Waals surface area contributed by atoms with Crippen LogP contribution in [0.15, 0.2) is 206 Å².